The Morgan fingerprint density at radius 1 is 1.61 bits per heavy atom. The summed E-state index contributed by atoms with van der Waals surface area (Å²) in [7, 11) is 1.82. The molecule has 1 aliphatic rings. The van der Waals surface area contributed by atoms with Crippen LogP contribution in [0.1, 0.15) is 26.7 Å². The van der Waals surface area contributed by atoms with E-state index in [9.17, 15) is 9.90 Å². The van der Waals surface area contributed by atoms with Gasteiger partial charge in [0.1, 0.15) is 0 Å². The van der Waals surface area contributed by atoms with Crippen molar-refractivity contribution in [2.75, 3.05) is 33.3 Å². The molecule has 1 N–H and O–H groups in total. The number of hydrogen-bond donors (Lipinski definition) is 1. The van der Waals surface area contributed by atoms with Crippen LogP contribution in [0.25, 0.3) is 0 Å². The second-order valence-corrected chi connectivity index (χ2v) is 5.96. The van der Waals surface area contributed by atoms with Crippen LogP contribution in [-0.2, 0) is 4.79 Å². The van der Waals surface area contributed by atoms with E-state index < -0.39 is 0 Å². The zero-order chi connectivity index (χ0) is 13.8. The van der Waals surface area contributed by atoms with Crippen LogP contribution in [0.3, 0.4) is 0 Å². The summed E-state index contributed by atoms with van der Waals surface area (Å²) >= 11 is 0. The second kappa shape index (κ2) is 6.34. The predicted molar refractivity (Wildman–Crippen MR) is 73.3 cm³/mol. The Morgan fingerprint density at radius 2 is 2.28 bits per heavy atom. The van der Waals surface area contributed by atoms with E-state index in [2.05, 4.69) is 11.5 Å². The molecule has 104 valence electrons. The highest BCUT2D eigenvalue weighted by molar-refractivity contribution is 5.82. The van der Waals surface area contributed by atoms with Gasteiger partial charge < -0.3 is 10.0 Å². The average Bonchev–Trinajstić information content (AvgIpc) is 2.76. The van der Waals surface area contributed by atoms with Crippen molar-refractivity contribution in [2.24, 2.45) is 5.41 Å². The van der Waals surface area contributed by atoms with E-state index in [-0.39, 0.29) is 24.0 Å². The number of nitrogens with zero attached hydrogens (tertiary/aromatic N) is 2. The zero-order valence-corrected chi connectivity index (χ0v) is 11.9. The molecule has 1 saturated heterocycles. The number of aliphatic hydroxyl groups excluding tert-OH is 1. The molecule has 4 heteroatoms. The van der Waals surface area contributed by atoms with Gasteiger partial charge in [0.25, 0.3) is 0 Å². The summed E-state index contributed by atoms with van der Waals surface area (Å²) in [5.74, 6) is 0.163. The monoisotopic (exact) mass is 254 g/mol. The Hall–Kier alpha value is -0.870. The molecule has 1 fully saturated rings. The number of rotatable bonds is 6. The van der Waals surface area contributed by atoms with Gasteiger partial charge in [-0.3, -0.25) is 9.69 Å². The number of amides is 1. The van der Waals surface area contributed by atoms with E-state index in [0.717, 1.165) is 25.9 Å². The molecule has 1 heterocycles. The summed E-state index contributed by atoms with van der Waals surface area (Å²) in [5.41, 5.74) is -0.244. The van der Waals surface area contributed by atoms with Crippen molar-refractivity contribution in [3.8, 4) is 0 Å². The Morgan fingerprint density at radius 3 is 2.83 bits per heavy atom. The fraction of sp³-hybridized carbons (Fsp3) is 0.786. The van der Waals surface area contributed by atoms with E-state index in [4.69, 9.17) is 0 Å². The van der Waals surface area contributed by atoms with E-state index in [0.29, 0.717) is 6.54 Å². The maximum absolute atomic E-state index is 12.4. The van der Waals surface area contributed by atoms with Crippen molar-refractivity contribution in [1.82, 2.24) is 9.80 Å². The van der Waals surface area contributed by atoms with Gasteiger partial charge in [0.15, 0.2) is 0 Å². The number of aliphatic hydroxyl groups is 1. The summed E-state index contributed by atoms with van der Waals surface area (Å²) in [6.07, 6.45) is 3.85. The first kappa shape index (κ1) is 15.2. The number of carbonyl (C=O) groups excluding carboxylic acids is 1. The third kappa shape index (κ3) is 3.82. The lowest BCUT2D eigenvalue weighted by Gasteiger charge is -2.32. The minimum Gasteiger partial charge on any atom is -0.396 e. The molecule has 0 aromatic heterocycles. The summed E-state index contributed by atoms with van der Waals surface area (Å²) in [5, 5.41) is 9.26. The Labute approximate surface area is 110 Å². The first-order chi connectivity index (χ1) is 8.41. The van der Waals surface area contributed by atoms with Crippen LogP contribution in [0.4, 0.5) is 0 Å². The van der Waals surface area contributed by atoms with Gasteiger partial charge in [-0.2, -0.15) is 0 Å². The van der Waals surface area contributed by atoms with Crippen molar-refractivity contribution in [3.05, 3.63) is 12.7 Å². The minimum absolute atomic E-state index is 0.0116. The van der Waals surface area contributed by atoms with Gasteiger partial charge in [0.2, 0.25) is 5.91 Å². The van der Waals surface area contributed by atoms with Crippen molar-refractivity contribution >= 4 is 5.91 Å². The molecule has 0 bridgehead atoms. The van der Waals surface area contributed by atoms with Crippen LogP contribution in [0, 0.1) is 5.41 Å². The molecule has 0 aromatic carbocycles. The van der Waals surface area contributed by atoms with Crippen molar-refractivity contribution in [2.45, 2.75) is 32.7 Å². The normalized spacial score (nSPS) is 21.0. The molecule has 1 amide bonds. The molecular formula is C14H26N2O2. The molecule has 0 spiro atoms. The molecule has 1 atom stereocenters. The van der Waals surface area contributed by atoms with Crippen molar-refractivity contribution in [3.63, 3.8) is 0 Å². The number of hydrogen-bond acceptors (Lipinski definition) is 3. The van der Waals surface area contributed by atoms with E-state index in [1.54, 1.807) is 4.90 Å². The first-order valence-electron chi connectivity index (χ1n) is 6.62. The molecule has 4 nitrogen and oxygen atoms in total. The standard InChI is InChI=1S/C14H26N2O2/c1-5-8-16-9-6-7-12(16)13(18)15(4)10-14(2,3)11-17/h5,12,17H,1,6-11H2,2-4H3/t12-/m0/s1. The Kier molecular flexibility index (Phi) is 5.35. The summed E-state index contributed by atoms with van der Waals surface area (Å²) in [6, 6.07) is -0.0116. The molecule has 0 saturated carbocycles. The number of likely N-dealkylation sites (N-methyl/N-ethyl adjacent to an activating group) is 1. The molecule has 1 aliphatic heterocycles. The van der Waals surface area contributed by atoms with Crippen LogP contribution in [0.15, 0.2) is 12.7 Å². The Bertz CT molecular complexity index is 302. The molecule has 0 unspecified atom stereocenters. The summed E-state index contributed by atoms with van der Waals surface area (Å²) in [6.45, 7) is 10.1. The first-order valence-corrected chi connectivity index (χ1v) is 6.62. The third-order valence-corrected chi connectivity index (χ3v) is 3.48. The van der Waals surface area contributed by atoms with Gasteiger partial charge in [-0.25, -0.2) is 0 Å². The van der Waals surface area contributed by atoms with Crippen LogP contribution >= 0.6 is 0 Å². The molecule has 18 heavy (non-hydrogen) atoms. The molecule has 1 rings (SSSR count). The van der Waals surface area contributed by atoms with Gasteiger partial charge in [-0.15, -0.1) is 6.58 Å². The van der Waals surface area contributed by atoms with Gasteiger partial charge in [0.05, 0.1) is 6.04 Å². The second-order valence-electron chi connectivity index (χ2n) is 5.96. The highest BCUT2D eigenvalue weighted by Crippen LogP contribution is 2.21. The fourth-order valence-electron chi connectivity index (χ4n) is 2.51. The highest BCUT2D eigenvalue weighted by atomic mass is 16.3. The van der Waals surface area contributed by atoms with Gasteiger partial charge in [-0.1, -0.05) is 19.9 Å². The lowest BCUT2D eigenvalue weighted by molar-refractivity contribution is -0.136. The zero-order valence-electron chi connectivity index (χ0n) is 11.9. The Balaban J connectivity index is 2.60. The largest absolute Gasteiger partial charge is 0.396 e. The van der Waals surface area contributed by atoms with Crippen LogP contribution < -0.4 is 0 Å². The highest BCUT2D eigenvalue weighted by Gasteiger charge is 2.33. The van der Waals surface area contributed by atoms with Gasteiger partial charge in [0, 0.05) is 32.2 Å². The third-order valence-electron chi connectivity index (χ3n) is 3.48. The minimum atomic E-state index is -0.244. The maximum Gasteiger partial charge on any atom is 0.239 e. The van der Waals surface area contributed by atoms with Crippen molar-refractivity contribution in [1.29, 1.82) is 0 Å². The predicted octanol–water partition coefficient (Wildman–Crippen LogP) is 1.11. The van der Waals surface area contributed by atoms with Crippen LogP contribution in [0.5, 0.6) is 0 Å². The molecular weight excluding hydrogens is 228 g/mol. The van der Waals surface area contributed by atoms with Crippen LogP contribution in [0.2, 0.25) is 0 Å². The topological polar surface area (TPSA) is 43.8 Å². The van der Waals surface area contributed by atoms with E-state index in [1.807, 2.05) is 27.0 Å². The van der Waals surface area contributed by atoms with Crippen LogP contribution in [-0.4, -0.2) is 60.1 Å². The lowest BCUT2D eigenvalue weighted by Crippen LogP contribution is -2.47. The summed E-state index contributed by atoms with van der Waals surface area (Å²) < 4.78 is 0. The molecule has 0 aliphatic carbocycles. The quantitative estimate of drug-likeness (QED) is 0.722. The fourth-order valence-corrected chi connectivity index (χ4v) is 2.51. The molecule has 0 radical (unpaired) electrons. The summed E-state index contributed by atoms with van der Waals surface area (Å²) in [4.78, 5) is 16.3. The average molecular weight is 254 g/mol. The van der Waals surface area contributed by atoms with Crippen molar-refractivity contribution < 1.29 is 9.90 Å². The SMILES string of the molecule is C=CCN1CCC[C@H]1C(=O)N(C)CC(C)(C)CO. The number of carbonyl (C=O) groups is 1. The van der Waals surface area contributed by atoms with E-state index >= 15 is 0 Å². The lowest BCUT2D eigenvalue weighted by atomic mass is 9.94. The molecule has 0 aromatic rings. The number of likely N-dealkylation sites (tertiary alicyclic amines) is 1. The van der Waals surface area contributed by atoms with E-state index in [1.165, 1.54) is 0 Å². The van der Waals surface area contributed by atoms with Gasteiger partial charge >= 0.3 is 0 Å². The smallest absolute Gasteiger partial charge is 0.239 e. The van der Waals surface area contributed by atoms with Gasteiger partial charge in [-0.05, 0) is 19.4 Å². The maximum atomic E-state index is 12.4.